The number of piperazine rings is 1. The fraction of sp³-hybridized carbons (Fsp3) is 0.538. The Labute approximate surface area is 111 Å². The first-order chi connectivity index (χ1) is 8.52. The first-order valence-corrected chi connectivity index (χ1v) is 7.00. The number of aryl methyl sites for hydroxylation is 1. The topological polar surface area (TPSA) is 49.4 Å². The molecule has 1 aliphatic heterocycles. The first kappa shape index (κ1) is 13.1. The van der Waals surface area contributed by atoms with Gasteiger partial charge in [0.1, 0.15) is 12.1 Å². The number of nitrogens with one attached hydrogen (secondary N) is 1. The zero-order valence-corrected chi connectivity index (χ0v) is 11.7. The van der Waals surface area contributed by atoms with Gasteiger partial charge in [-0.05, 0) is 32.4 Å². The third kappa shape index (κ3) is 2.41. The monoisotopic (exact) mass is 266 g/mol. The van der Waals surface area contributed by atoms with Crippen LogP contribution in [0.4, 0.5) is 0 Å². The summed E-state index contributed by atoms with van der Waals surface area (Å²) >= 11 is 1.67. The van der Waals surface area contributed by atoms with E-state index in [-0.39, 0.29) is 23.9 Å². The number of nitrogens with zero attached hydrogens (tertiary/aromatic N) is 1. The van der Waals surface area contributed by atoms with E-state index in [0.717, 1.165) is 4.88 Å². The van der Waals surface area contributed by atoms with Crippen LogP contribution < -0.4 is 5.32 Å². The molecule has 0 bridgehead atoms. The van der Waals surface area contributed by atoms with Gasteiger partial charge in [-0.15, -0.1) is 11.3 Å². The second-order valence-electron chi connectivity index (χ2n) is 4.62. The third-order valence-corrected chi connectivity index (χ3v) is 4.26. The van der Waals surface area contributed by atoms with Crippen LogP contribution in [0.5, 0.6) is 0 Å². The summed E-state index contributed by atoms with van der Waals surface area (Å²) in [5, 5.41) is 2.76. The van der Waals surface area contributed by atoms with Gasteiger partial charge in [-0.1, -0.05) is 6.92 Å². The fourth-order valence-corrected chi connectivity index (χ4v) is 3.01. The highest BCUT2D eigenvalue weighted by atomic mass is 32.1. The average Bonchev–Trinajstić information content (AvgIpc) is 2.75. The van der Waals surface area contributed by atoms with Crippen molar-refractivity contribution in [2.24, 2.45) is 0 Å². The molecule has 2 rings (SSSR count). The van der Waals surface area contributed by atoms with E-state index in [0.29, 0.717) is 13.0 Å². The minimum atomic E-state index is -0.386. The van der Waals surface area contributed by atoms with Crippen molar-refractivity contribution in [1.29, 1.82) is 0 Å². The molecule has 1 saturated heterocycles. The average molecular weight is 266 g/mol. The summed E-state index contributed by atoms with van der Waals surface area (Å²) in [6.07, 6.45) is 0.636. The second kappa shape index (κ2) is 5.10. The molecule has 1 aromatic heterocycles. The zero-order chi connectivity index (χ0) is 13.3. The van der Waals surface area contributed by atoms with Crippen molar-refractivity contribution >= 4 is 23.2 Å². The summed E-state index contributed by atoms with van der Waals surface area (Å²) in [6.45, 7) is 6.26. The van der Waals surface area contributed by atoms with Gasteiger partial charge in [0.25, 0.3) is 0 Å². The molecule has 0 spiro atoms. The Morgan fingerprint density at radius 3 is 2.67 bits per heavy atom. The molecule has 1 aliphatic rings. The third-order valence-electron chi connectivity index (χ3n) is 3.28. The Bertz CT molecular complexity index is 469. The summed E-state index contributed by atoms with van der Waals surface area (Å²) in [4.78, 5) is 28.1. The van der Waals surface area contributed by atoms with Gasteiger partial charge in [-0.3, -0.25) is 9.59 Å². The summed E-state index contributed by atoms with van der Waals surface area (Å²) < 4.78 is 0. The van der Waals surface area contributed by atoms with E-state index in [1.165, 1.54) is 4.88 Å². The number of rotatable bonds is 3. The van der Waals surface area contributed by atoms with Crippen LogP contribution in [0.1, 0.15) is 30.0 Å². The van der Waals surface area contributed by atoms with E-state index in [9.17, 15) is 9.59 Å². The maximum atomic E-state index is 12.2. The molecule has 2 unspecified atom stereocenters. The molecule has 2 heterocycles. The van der Waals surface area contributed by atoms with Crippen molar-refractivity contribution in [2.75, 3.05) is 0 Å². The molecule has 0 saturated carbocycles. The van der Waals surface area contributed by atoms with Gasteiger partial charge < -0.3 is 10.2 Å². The maximum Gasteiger partial charge on any atom is 0.246 e. The first-order valence-electron chi connectivity index (χ1n) is 6.19. The highest BCUT2D eigenvalue weighted by molar-refractivity contribution is 7.11. The second-order valence-corrected chi connectivity index (χ2v) is 6.00. The lowest BCUT2D eigenvalue weighted by Crippen LogP contribution is -2.61. The number of amides is 2. The van der Waals surface area contributed by atoms with Crippen LogP contribution in [-0.2, 0) is 16.1 Å². The summed E-state index contributed by atoms with van der Waals surface area (Å²) in [5.41, 5.74) is 0. The molecule has 98 valence electrons. The fourth-order valence-electron chi connectivity index (χ4n) is 2.12. The molecule has 4 nitrogen and oxygen atoms in total. The van der Waals surface area contributed by atoms with Crippen LogP contribution in [0, 0.1) is 6.92 Å². The Kier molecular flexibility index (Phi) is 3.71. The maximum absolute atomic E-state index is 12.2. The summed E-state index contributed by atoms with van der Waals surface area (Å²) in [5.74, 6) is -0.0367. The molecule has 1 N–H and O–H groups in total. The number of carbonyl (C=O) groups excluding carboxylic acids is 2. The van der Waals surface area contributed by atoms with Crippen molar-refractivity contribution in [3.63, 3.8) is 0 Å². The molecule has 1 aromatic rings. The Morgan fingerprint density at radius 2 is 2.11 bits per heavy atom. The van der Waals surface area contributed by atoms with Gasteiger partial charge in [0, 0.05) is 9.75 Å². The molecule has 5 heteroatoms. The molecule has 0 radical (unpaired) electrons. The van der Waals surface area contributed by atoms with Gasteiger partial charge in [0.15, 0.2) is 0 Å². The van der Waals surface area contributed by atoms with E-state index in [1.54, 1.807) is 23.2 Å². The predicted octanol–water partition coefficient (Wildman–Crippen LogP) is 1.68. The molecule has 0 aromatic carbocycles. The lowest BCUT2D eigenvalue weighted by Gasteiger charge is -2.36. The van der Waals surface area contributed by atoms with Crippen LogP contribution >= 0.6 is 11.3 Å². The van der Waals surface area contributed by atoms with Crippen molar-refractivity contribution in [2.45, 2.75) is 45.8 Å². The van der Waals surface area contributed by atoms with Crippen molar-refractivity contribution in [1.82, 2.24) is 10.2 Å². The smallest absolute Gasteiger partial charge is 0.246 e. The molecule has 1 fully saturated rings. The number of hydrogen-bond acceptors (Lipinski definition) is 3. The SMILES string of the molecule is CCC1NC(=O)C(C)N(Cc2ccc(C)s2)C1=O. The van der Waals surface area contributed by atoms with E-state index in [2.05, 4.69) is 5.32 Å². The molecule has 2 atom stereocenters. The lowest BCUT2D eigenvalue weighted by atomic mass is 10.1. The van der Waals surface area contributed by atoms with Gasteiger partial charge in [0.2, 0.25) is 11.8 Å². The van der Waals surface area contributed by atoms with Crippen molar-refractivity contribution < 1.29 is 9.59 Å². The van der Waals surface area contributed by atoms with E-state index in [4.69, 9.17) is 0 Å². The van der Waals surface area contributed by atoms with Gasteiger partial charge in [-0.2, -0.15) is 0 Å². The minimum absolute atomic E-state index is 0.0238. The summed E-state index contributed by atoms with van der Waals surface area (Å²) in [6, 6.07) is 3.31. The molecular formula is C13H18N2O2S. The van der Waals surface area contributed by atoms with Crippen LogP contribution in [0.15, 0.2) is 12.1 Å². The number of carbonyl (C=O) groups is 2. The van der Waals surface area contributed by atoms with Crippen LogP contribution in [0.2, 0.25) is 0 Å². The summed E-state index contributed by atoms with van der Waals surface area (Å²) in [7, 11) is 0. The zero-order valence-electron chi connectivity index (χ0n) is 10.9. The standard InChI is InChI=1S/C13H18N2O2S/c1-4-11-13(17)15(9(3)12(16)14-11)7-10-6-5-8(2)18-10/h5-6,9,11H,4,7H2,1-3H3,(H,14,16). The lowest BCUT2D eigenvalue weighted by molar-refractivity contribution is -0.149. The van der Waals surface area contributed by atoms with Crippen LogP contribution in [-0.4, -0.2) is 28.8 Å². The molecule has 18 heavy (non-hydrogen) atoms. The predicted molar refractivity (Wildman–Crippen MR) is 71.3 cm³/mol. The Balaban J connectivity index is 2.17. The van der Waals surface area contributed by atoms with Gasteiger partial charge >= 0.3 is 0 Å². The molecular weight excluding hydrogens is 248 g/mol. The Morgan fingerprint density at radius 1 is 1.39 bits per heavy atom. The van der Waals surface area contributed by atoms with Crippen molar-refractivity contribution in [3.8, 4) is 0 Å². The minimum Gasteiger partial charge on any atom is -0.343 e. The molecule has 2 amide bonds. The highest BCUT2D eigenvalue weighted by Crippen LogP contribution is 2.21. The quantitative estimate of drug-likeness (QED) is 0.905. The Hall–Kier alpha value is -1.36. The number of hydrogen-bond donors (Lipinski definition) is 1. The largest absolute Gasteiger partial charge is 0.343 e. The van der Waals surface area contributed by atoms with Crippen molar-refractivity contribution in [3.05, 3.63) is 21.9 Å². The van der Waals surface area contributed by atoms with Crippen LogP contribution in [0.3, 0.4) is 0 Å². The van der Waals surface area contributed by atoms with Gasteiger partial charge in [-0.25, -0.2) is 0 Å². The van der Waals surface area contributed by atoms with E-state index < -0.39 is 0 Å². The van der Waals surface area contributed by atoms with E-state index >= 15 is 0 Å². The van der Waals surface area contributed by atoms with Gasteiger partial charge in [0.05, 0.1) is 6.54 Å². The van der Waals surface area contributed by atoms with E-state index in [1.807, 2.05) is 26.0 Å². The normalized spacial score (nSPS) is 24.3. The number of thiophene rings is 1. The van der Waals surface area contributed by atoms with Crippen LogP contribution in [0.25, 0.3) is 0 Å². The molecule has 0 aliphatic carbocycles. The highest BCUT2D eigenvalue weighted by Gasteiger charge is 2.37.